The number of hydrogen-bond acceptors (Lipinski definition) is 4. The summed E-state index contributed by atoms with van der Waals surface area (Å²) in [4.78, 5) is 0.995. The minimum absolute atomic E-state index is 0.00891. The fourth-order valence-electron chi connectivity index (χ4n) is 1.82. The summed E-state index contributed by atoms with van der Waals surface area (Å²) in [7, 11) is -2.92. The largest absolute Gasteiger partial charge is 0.305 e. The van der Waals surface area contributed by atoms with E-state index in [1.165, 1.54) is 11.3 Å². The fourth-order valence-corrected chi connectivity index (χ4v) is 4.83. The third-order valence-corrected chi connectivity index (χ3v) is 5.54. The van der Waals surface area contributed by atoms with Gasteiger partial charge in [-0.05, 0) is 19.1 Å². The lowest BCUT2D eigenvalue weighted by Crippen LogP contribution is -2.45. The zero-order valence-corrected chi connectivity index (χ0v) is 10.6. The normalized spacial score (nSPS) is 30.3. The molecule has 0 aliphatic carbocycles. The van der Waals surface area contributed by atoms with Gasteiger partial charge in [0.1, 0.15) is 0 Å². The molecule has 0 amide bonds. The molecule has 15 heavy (non-hydrogen) atoms. The first kappa shape index (κ1) is 11.4. The number of nitrogens with one attached hydrogen (secondary N) is 1. The van der Waals surface area contributed by atoms with Gasteiger partial charge >= 0.3 is 0 Å². The Balaban J connectivity index is 2.23. The van der Waals surface area contributed by atoms with E-state index in [1.807, 2.05) is 13.0 Å². The summed E-state index contributed by atoms with van der Waals surface area (Å²) in [6.45, 7) is 1.89. The summed E-state index contributed by atoms with van der Waals surface area (Å²) in [6.07, 6.45) is 0. The maximum atomic E-state index is 11.6. The predicted molar refractivity (Wildman–Crippen MR) is 63.3 cm³/mol. The molecular formula is C9H12ClNO2S2. The van der Waals surface area contributed by atoms with Crippen LogP contribution < -0.4 is 5.32 Å². The van der Waals surface area contributed by atoms with Gasteiger partial charge in [-0.25, -0.2) is 8.42 Å². The van der Waals surface area contributed by atoms with Crippen LogP contribution in [0.15, 0.2) is 12.1 Å². The maximum Gasteiger partial charge on any atom is 0.153 e. The average molecular weight is 266 g/mol. The van der Waals surface area contributed by atoms with Crippen LogP contribution in [-0.2, 0) is 9.84 Å². The second kappa shape index (κ2) is 4.05. The molecule has 1 saturated heterocycles. The zero-order valence-electron chi connectivity index (χ0n) is 8.23. The maximum absolute atomic E-state index is 11.6. The van der Waals surface area contributed by atoms with Crippen molar-refractivity contribution in [1.29, 1.82) is 0 Å². The summed E-state index contributed by atoms with van der Waals surface area (Å²) in [5, 5.41) is 3.27. The monoisotopic (exact) mass is 265 g/mol. The van der Waals surface area contributed by atoms with Crippen molar-refractivity contribution in [3.63, 3.8) is 0 Å². The number of halogens is 1. The van der Waals surface area contributed by atoms with Gasteiger partial charge in [0.15, 0.2) is 9.84 Å². The van der Waals surface area contributed by atoms with Gasteiger partial charge in [0.2, 0.25) is 0 Å². The quantitative estimate of drug-likeness (QED) is 0.843. The zero-order chi connectivity index (χ0) is 11.1. The van der Waals surface area contributed by atoms with Crippen LogP contribution in [0.1, 0.15) is 17.8 Å². The molecule has 1 aromatic rings. The number of thiophene rings is 1. The Morgan fingerprint density at radius 2 is 2.20 bits per heavy atom. The van der Waals surface area contributed by atoms with Crippen molar-refractivity contribution in [3.05, 3.63) is 21.3 Å². The topological polar surface area (TPSA) is 46.2 Å². The lowest BCUT2D eigenvalue weighted by atomic mass is 10.2. The van der Waals surface area contributed by atoms with Gasteiger partial charge in [0, 0.05) is 10.9 Å². The Labute approximate surface area is 98.4 Å². The molecule has 0 spiro atoms. The van der Waals surface area contributed by atoms with Crippen molar-refractivity contribution in [1.82, 2.24) is 5.32 Å². The molecule has 2 atom stereocenters. The predicted octanol–water partition coefficient (Wildman–Crippen LogP) is 1.85. The molecule has 84 valence electrons. The van der Waals surface area contributed by atoms with Gasteiger partial charge in [-0.1, -0.05) is 11.6 Å². The van der Waals surface area contributed by atoms with Crippen LogP contribution in [-0.4, -0.2) is 26.0 Å². The molecule has 0 radical (unpaired) electrons. The Morgan fingerprint density at radius 1 is 1.47 bits per heavy atom. The van der Waals surface area contributed by atoms with Gasteiger partial charge < -0.3 is 5.32 Å². The molecule has 6 heteroatoms. The first-order valence-electron chi connectivity index (χ1n) is 4.68. The Bertz CT molecular complexity index is 454. The van der Waals surface area contributed by atoms with Crippen LogP contribution in [0.25, 0.3) is 0 Å². The summed E-state index contributed by atoms with van der Waals surface area (Å²) in [5.41, 5.74) is 0. The van der Waals surface area contributed by atoms with E-state index >= 15 is 0 Å². The number of rotatable bonds is 1. The van der Waals surface area contributed by atoms with Gasteiger partial charge in [-0.15, -0.1) is 11.3 Å². The summed E-state index contributed by atoms with van der Waals surface area (Å²) in [5.74, 6) is 0.400. The van der Waals surface area contributed by atoms with Gasteiger partial charge in [-0.3, -0.25) is 0 Å². The van der Waals surface area contributed by atoms with Crippen LogP contribution in [0, 0.1) is 0 Å². The molecule has 0 aromatic carbocycles. The first-order valence-corrected chi connectivity index (χ1v) is 7.69. The first-order chi connectivity index (χ1) is 6.96. The molecular weight excluding hydrogens is 254 g/mol. The highest BCUT2D eigenvalue weighted by atomic mass is 35.5. The third kappa shape index (κ3) is 2.72. The van der Waals surface area contributed by atoms with E-state index < -0.39 is 9.84 Å². The molecule has 0 bridgehead atoms. The van der Waals surface area contributed by atoms with Crippen LogP contribution in [0.4, 0.5) is 0 Å². The van der Waals surface area contributed by atoms with E-state index in [1.54, 1.807) is 6.07 Å². The second-order valence-corrected chi connectivity index (χ2v) is 7.74. The van der Waals surface area contributed by atoms with Crippen LogP contribution in [0.5, 0.6) is 0 Å². The molecule has 1 fully saturated rings. The molecule has 2 heterocycles. The lowest BCUT2D eigenvalue weighted by Gasteiger charge is -2.27. The van der Waals surface area contributed by atoms with Gasteiger partial charge in [0.25, 0.3) is 0 Å². The minimum Gasteiger partial charge on any atom is -0.305 e. The fraction of sp³-hybridized carbons (Fsp3) is 0.556. The number of hydrogen-bond donors (Lipinski definition) is 1. The highest BCUT2D eigenvalue weighted by molar-refractivity contribution is 7.91. The Hall–Kier alpha value is -0.100. The third-order valence-electron chi connectivity index (χ3n) is 2.35. The van der Waals surface area contributed by atoms with E-state index in [0.29, 0.717) is 4.34 Å². The summed E-state index contributed by atoms with van der Waals surface area (Å²) < 4.78 is 23.9. The molecule has 2 unspecified atom stereocenters. The van der Waals surface area contributed by atoms with Crippen molar-refractivity contribution in [2.75, 3.05) is 11.5 Å². The minimum atomic E-state index is -2.92. The molecule has 2 rings (SSSR count). The summed E-state index contributed by atoms with van der Waals surface area (Å²) in [6, 6.07) is 3.60. The van der Waals surface area contributed by atoms with Crippen LogP contribution in [0.2, 0.25) is 4.34 Å². The SMILES string of the molecule is CC1CS(=O)(=O)CC(c2ccc(Cl)s2)N1. The number of sulfone groups is 1. The summed E-state index contributed by atoms with van der Waals surface area (Å²) >= 11 is 7.26. The van der Waals surface area contributed by atoms with E-state index in [4.69, 9.17) is 11.6 Å². The highest BCUT2D eigenvalue weighted by Crippen LogP contribution is 2.29. The van der Waals surface area contributed by atoms with Crippen molar-refractivity contribution < 1.29 is 8.42 Å². The standard InChI is InChI=1S/C9H12ClNO2S2/c1-6-4-15(12,13)5-7(11-6)8-2-3-9(10)14-8/h2-3,6-7,11H,4-5H2,1H3. The van der Waals surface area contributed by atoms with E-state index in [-0.39, 0.29) is 23.6 Å². The average Bonchev–Trinajstić information content (AvgIpc) is 2.48. The van der Waals surface area contributed by atoms with Gasteiger partial charge in [-0.2, -0.15) is 0 Å². The molecule has 1 aliphatic heterocycles. The highest BCUT2D eigenvalue weighted by Gasteiger charge is 2.30. The van der Waals surface area contributed by atoms with Crippen molar-refractivity contribution in [2.24, 2.45) is 0 Å². The van der Waals surface area contributed by atoms with Gasteiger partial charge in [0.05, 0.1) is 21.9 Å². The van der Waals surface area contributed by atoms with E-state index in [2.05, 4.69) is 5.32 Å². The molecule has 1 N–H and O–H groups in total. The van der Waals surface area contributed by atoms with E-state index in [0.717, 1.165) is 4.88 Å². The Morgan fingerprint density at radius 3 is 2.73 bits per heavy atom. The smallest absolute Gasteiger partial charge is 0.153 e. The lowest BCUT2D eigenvalue weighted by molar-refractivity contribution is 0.473. The molecule has 1 aliphatic rings. The second-order valence-electron chi connectivity index (χ2n) is 3.84. The molecule has 1 aromatic heterocycles. The molecule has 3 nitrogen and oxygen atoms in total. The Kier molecular flexibility index (Phi) is 3.07. The van der Waals surface area contributed by atoms with Crippen LogP contribution >= 0.6 is 22.9 Å². The van der Waals surface area contributed by atoms with Crippen LogP contribution in [0.3, 0.4) is 0 Å². The van der Waals surface area contributed by atoms with Crippen molar-refractivity contribution in [2.45, 2.75) is 19.0 Å². The van der Waals surface area contributed by atoms with Crippen molar-refractivity contribution in [3.8, 4) is 0 Å². The van der Waals surface area contributed by atoms with E-state index in [9.17, 15) is 8.42 Å². The molecule has 0 saturated carbocycles. The van der Waals surface area contributed by atoms with Crippen molar-refractivity contribution >= 4 is 32.8 Å².